The Morgan fingerprint density at radius 3 is 2.35 bits per heavy atom. The summed E-state index contributed by atoms with van der Waals surface area (Å²) in [7, 11) is 4.56. The van der Waals surface area contributed by atoms with E-state index in [2.05, 4.69) is 10.4 Å². The maximum absolute atomic E-state index is 15.5. The number of halogens is 2. The number of imide groups is 1. The van der Waals surface area contributed by atoms with Crippen molar-refractivity contribution in [2.45, 2.75) is 43.3 Å². The van der Waals surface area contributed by atoms with Crippen LogP contribution in [-0.2, 0) is 41.6 Å². The summed E-state index contributed by atoms with van der Waals surface area (Å²) in [4.78, 5) is 77.6. The van der Waals surface area contributed by atoms with E-state index in [0.717, 1.165) is 9.58 Å². The first-order chi connectivity index (χ1) is 30.4. The van der Waals surface area contributed by atoms with Gasteiger partial charge in [-0.25, -0.2) is 32.9 Å². The lowest BCUT2D eigenvalue weighted by molar-refractivity contribution is -0.138. The number of aromatic nitrogens is 5. The molecule has 16 nitrogen and oxygen atoms in total. The zero-order chi connectivity index (χ0) is 44.3. The van der Waals surface area contributed by atoms with Crippen LogP contribution in [0.5, 0.6) is 17.2 Å². The Bertz CT molecular complexity index is 3030. The molecule has 4 aromatic carbocycles. The number of anilines is 1. The quantitative estimate of drug-likeness (QED) is 0.134. The van der Waals surface area contributed by atoms with Gasteiger partial charge in [0.05, 0.1) is 61.5 Å². The minimum Gasteiger partial charge on any atom is -0.493 e. The fourth-order valence-electron chi connectivity index (χ4n) is 9.60. The van der Waals surface area contributed by atoms with Crippen LogP contribution in [0.1, 0.15) is 35.2 Å². The topological polar surface area (TPSA) is 181 Å². The van der Waals surface area contributed by atoms with E-state index in [-0.39, 0.29) is 50.5 Å². The summed E-state index contributed by atoms with van der Waals surface area (Å²) < 4.78 is 36.1. The number of amides is 2. The number of hydrogen-bond donors (Lipinski definition) is 2. The summed E-state index contributed by atoms with van der Waals surface area (Å²) in [5.41, 5.74) is 2.40. The maximum atomic E-state index is 15.5. The summed E-state index contributed by atoms with van der Waals surface area (Å²) in [6.07, 6.45) is 1.66. The minimum absolute atomic E-state index is 0.0677. The SMILES string of the molecule is COc1cc2nc(CCn3c(=O)n4n(c3=O)[C@@H]3C[C@H]5C(=O)N(Nc6ccc(F)cc6)C(=O)[C@@]5(c5ccc(Cl)cc5)[C@@H](c5ccccc5OCCO)C3=CC4)c(=O)n(C)c2cc1OC. The van der Waals surface area contributed by atoms with Crippen LogP contribution >= 0.6 is 11.6 Å². The minimum atomic E-state index is -1.67. The number of ether oxygens (including phenoxy) is 3. The van der Waals surface area contributed by atoms with Crippen molar-refractivity contribution >= 4 is 40.1 Å². The molecule has 6 aromatic rings. The average Bonchev–Trinajstić information content (AvgIpc) is 3.66. The molecule has 2 aromatic heterocycles. The fraction of sp³-hybridized carbons (Fsp3) is 0.289. The second-order valence-electron chi connectivity index (χ2n) is 15.5. The standard InChI is InChI=1S/C45H41ClFN7O9/c1-50-35-24-38(62-3)37(61-2)23-33(35)48-32(41(50)57)17-18-51-43(59)52-19-16-29-34(54(52)44(51)60)22-31-40(56)53(49-28-14-12-27(47)13-15-28)42(58)45(31,25-8-10-26(46)11-9-25)39(29)30-6-4-5-7-36(30)63-21-20-55/h4-16,23-24,31,34,39,49,55H,17-22H2,1-3H3/t31-,34+,39+,45+/m0/s1. The third kappa shape index (κ3) is 6.52. The molecule has 1 saturated carbocycles. The third-order valence-corrected chi connectivity index (χ3v) is 12.7. The number of aliphatic hydroxyl groups excluding tert-OH is 1. The van der Waals surface area contributed by atoms with E-state index in [1.165, 1.54) is 52.4 Å². The zero-order valence-electron chi connectivity index (χ0n) is 34.3. The number of nitrogens with one attached hydrogen (secondary N) is 1. The Balaban J connectivity index is 1.18. The fourth-order valence-corrected chi connectivity index (χ4v) is 9.72. The molecule has 0 bridgehead atoms. The highest BCUT2D eigenvalue weighted by atomic mass is 35.5. The Kier molecular flexibility index (Phi) is 10.5. The highest BCUT2D eigenvalue weighted by Gasteiger charge is 2.69. The number of carbonyl (C=O) groups excluding carboxylic acids is 2. The van der Waals surface area contributed by atoms with Gasteiger partial charge in [0.2, 0.25) is 0 Å². The number of hydrazine groups is 1. The Labute approximate surface area is 362 Å². The smallest absolute Gasteiger partial charge is 0.347 e. The molecule has 2 amide bonds. The van der Waals surface area contributed by atoms with E-state index in [0.29, 0.717) is 50.0 Å². The van der Waals surface area contributed by atoms with Crippen molar-refractivity contribution in [2.75, 3.05) is 32.9 Å². The highest BCUT2D eigenvalue weighted by molar-refractivity contribution is 6.30. The summed E-state index contributed by atoms with van der Waals surface area (Å²) in [6.45, 7) is -0.643. The number of benzene rings is 4. The number of carbonyl (C=O) groups is 2. The van der Waals surface area contributed by atoms with Gasteiger partial charge in [-0.1, -0.05) is 48.0 Å². The summed E-state index contributed by atoms with van der Waals surface area (Å²) in [5.74, 6) is -2.70. The van der Waals surface area contributed by atoms with Crippen LogP contribution < -0.4 is 36.6 Å². The predicted octanol–water partition coefficient (Wildman–Crippen LogP) is 4.10. The van der Waals surface area contributed by atoms with Crippen LogP contribution in [0.15, 0.2) is 111 Å². The van der Waals surface area contributed by atoms with E-state index < -0.39 is 57.9 Å². The number of allylic oxidation sites excluding steroid dienone is 2. The molecule has 324 valence electrons. The monoisotopic (exact) mass is 877 g/mol. The zero-order valence-corrected chi connectivity index (χ0v) is 35.0. The van der Waals surface area contributed by atoms with Gasteiger partial charge in [-0.05, 0) is 60.0 Å². The summed E-state index contributed by atoms with van der Waals surface area (Å²) in [5, 5.41) is 11.1. The van der Waals surface area contributed by atoms with Gasteiger partial charge in [0.1, 0.15) is 23.9 Å². The molecule has 2 N–H and O–H groups in total. The molecular formula is C45H41ClFN7O9. The summed E-state index contributed by atoms with van der Waals surface area (Å²) >= 11 is 6.41. The van der Waals surface area contributed by atoms with Gasteiger partial charge in [0.15, 0.2) is 11.5 Å². The molecule has 2 fully saturated rings. The lowest BCUT2D eigenvalue weighted by Crippen LogP contribution is -2.53. The molecule has 63 heavy (non-hydrogen) atoms. The van der Waals surface area contributed by atoms with Crippen LogP contribution in [0.2, 0.25) is 5.02 Å². The van der Waals surface area contributed by atoms with Crippen molar-refractivity contribution in [3.63, 3.8) is 0 Å². The second-order valence-corrected chi connectivity index (χ2v) is 16.0. The summed E-state index contributed by atoms with van der Waals surface area (Å²) in [6, 6.07) is 21.2. The van der Waals surface area contributed by atoms with Crippen molar-refractivity contribution in [3.8, 4) is 17.2 Å². The van der Waals surface area contributed by atoms with E-state index in [9.17, 15) is 28.7 Å². The first-order valence-corrected chi connectivity index (χ1v) is 20.5. The van der Waals surface area contributed by atoms with Gasteiger partial charge in [-0.15, -0.1) is 0 Å². The lowest BCUT2D eigenvalue weighted by Gasteiger charge is -2.49. The molecule has 4 atom stereocenters. The number of aryl methyl sites for hydroxylation is 2. The van der Waals surface area contributed by atoms with Crippen LogP contribution in [0, 0.1) is 11.7 Å². The number of rotatable bonds is 12. The third-order valence-electron chi connectivity index (χ3n) is 12.4. The largest absolute Gasteiger partial charge is 0.493 e. The van der Waals surface area contributed by atoms with Gasteiger partial charge in [0, 0.05) is 48.6 Å². The van der Waals surface area contributed by atoms with Gasteiger partial charge < -0.3 is 23.9 Å². The molecule has 4 heterocycles. The molecule has 1 saturated heterocycles. The van der Waals surface area contributed by atoms with Gasteiger partial charge in [-0.2, -0.15) is 5.01 Å². The Morgan fingerprint density at radius 1 is 0.921 bits per heavy atom. The molecule has 0 radical (unpaired) electrons. The van der Waals surface area contributed by atoms with Crippen molar-refractivity contribution in [1.29, 1.82) is 0 Å². The van der Waals surface area contributed by atoms with Crippen molar-refractivity contribution in [3.05, 3.63) is 156 Å². The van der Waals surface area contributed by atoms with Crippen LogP contribution in [0.4, 0.5) is 10.1 Å². The van der Waals surface area contributed by atoms with Gasteiger partial charge >= 0.3 is 11.4 Å². The number of aliphatic hydroxyl groups is 1. The number of nitrogens with zero attached hydrogens (tertiary/aromatic N) is 6. The highest BCUT2D eigenvalue weighted by Crippen LogP contribution is 2.63. The normalized spacial score (nSPS) is 20.3. The van der Waals surface area contributed by atoms with Crippen LogP contribution in [-0.4, -0.2) is 72.8 Å². The number of methoxy groups -OCH3 is 2. The molecular weight excluding hydrogens is 837 g/mol. The van der Waals surface area contributed by atoms with E-state index in [1.807, 2.05) is 6.08 Å². The number of hydrogen-bond acceptors (Lipinski definition) is 11. The van der Waals surface area contributed by atoms with E-state index in [4.69, 9.17) is 25.8 Å². The van der Waals surface area contributed by atoms with Crippen LogP contribution in [0.25, 0.3) is 11.0 Å². The first-order valence-electron chi connectivity index (χ1n) is 20.2. The number of para-hydroxylation sites is 1. The molecule has 18 heteroatoms. The molecule has 0 unspecified atom stereocenters. The molecule has 9 rings (SSSR count). The Morgan fingerprint density at radius 2 is 1.63 bits per heavy atom. The average molecular weight is 878 g/mol. The van der Waals surface area contributed by atoms with Gasteiger partial charge in [-0.3, -0.25) is 19.8 Å². The second kappa shape index (κ2) is 16.0. The Hall–Kier alpha value is -6.98. The first kappa shape index (κ1) is 41.4. The lowest BCUT2D eigenvalue weighted by atomic mass is 9.53. The van der Waals surface area contributed by atoms with Crippen molar-refractivity contribution < 1.29 is 33.3 Å². The van der Waals surface area contributed by atoms with Gasteiger partial charge in [0.25, 0.3) is 17.4 Å². The van der Waals surface area contributed by atoms with Crippen molar-refractivity contribution in [1.82, 2.24) is 28.5 Å². The molecule has 1 aliphatic carbocycles. The predicted molar refractivity (Wildman–Crippen MR) is 229 cm³/mol. The molecule has 2 aliphatic heterocycles. The number of fused-ring (bicyclic) bond motifs is 5. The molecule has 3 aliphatic rings. The molecule has 0 spiro atoms. The van der Waals surface area contributed by atoms with Crippen molar-refractivity contribution in [2.24, 2.45) is 13.0 Å². The van der Waals surface area contributed by atoms with E-state index >= 15 is 4.79 Å². The van der Waals surface area contributed by atoms with Crippen LogP contribution in [0.3, 0.4) is 0 Å². The maximum Gasteiger partial charge on any atom is 0.347 e. The van der Waals surface area contributed by atoms with E-state index in [1.54, 1.807) is 67.7 Å².